The first-order valence-corrected chi connectivity index (χ1v) is 10.2. The number of ether oxygens (including phenoxy) is 1. The molecule has 0 fully saturated rings. The molecule has 4 heterocycles. The highest BCUT2D eigenvalue weighted by atomic mass is 35.5. The summed E-state index contributed by atoms with van der Waals surface area (Å²) >= 11 is 5.87. The summed E-state index contributed by atoms with van der Waals surface area (Å²) in [6.07, 6.45) is 3.12. The van der Waals surface area contributed by atoms with Crippen LogP contribution in [0.2, 0.25) is 5.02 Å². The number of fused-ring (bicyclic) bond motifs is 6. The third-order valence-corrected chi connectivity index (χ3v) is 5.20. The van der Waals surface area contributed by atoms with E-state index in [0.29, 0.717) is 33.2 Å². The van der Waals surface area contributed by atoms with E-state index in [1.54, 1.807) is 29.8 Å². The Morgan fingerprint density at radius 1 is 1.19 bits per heavy atom. The van der Waals surface area contributed by atoms with Gasteiger partial charge < -0.3 is 10.1 Å². The SMILES string of the molecule is CCOC(=O)c1cnc2c(c1)c1cnc(Nc3ccc(F)c(Cl)c3)nc1n1nc(C)cc21. The minimum absolute atomic E-state index is 0.00977. The number of halogens is 2. The second-order valence-electron chi connectivity index (χ2n) is 7.11. The first kappa shape index (κ1) is 20.1. The van der Waals surface area contributed by atoms with Gasteiger partial charge in [0.05, 0.1) is 33.9 Å². The number of carbonyl (C=O) groups is 1. The fourth-order valence-electron chi connectivity index (χ4n) is 3.52. The molecule has 10 heteroatoms. The highest BCUT2D eigenvalue weighted by Gasteiger charge is 2.17. The summed E-state index contributed by atoms with van der Waals surface area (Å²) in [7, 11) is 0. The molecular formula is C22H16ClFN6O2. The summed E-state index contributed by atoms with van der Waals surface area (Å²) in [6.45, 7) is 3.89. The molecule has 32 heavy (non-hydrogen) atoms. The summed E-state index contributed by atoms with van der Waals surface area (Å²) in [5.74, 6) is -0.683. The number of carbonyl (C=O) groups excluding carboxylic acids is 1. The van der Waals surface area contributed by atoms with E-state index in [1.165, 1.54) is 18.3 Å². The Kier molecular flexibility index (Phi) is 4.82. The van der Waals surface area contributed by atoms with E-state index < -0.39 is 11.8 Å². The Hall–Kier alpha value is -3.85. The van der Waals surface area contributed by atoms with Crippen molar-refractivity contribution in [2.75, 3.05) is 11.9 Å². The zero-order chi connectivity index (χ0) is 22.4. The molecule has 0 aliphatic heterocycles. The molecule has 0 aliphatic carbocycles. The van der Waals surface area contributed by atoms with Gasteiger partial charge in [-0.25, -0.2) is 18.7 Å². The summed E-state index contributed by atoms with van der Waals surface area (Å²) in [4.78, 5) is 25.8. The lowest BCUT2D eigenvalue weighted by atomic mass is 10.1. The van der Waals surface area contributed by atoms with Crippen LogP contribution in [0.5, 0.6) is 0 Å². The topological polar surface area (TPSA) is 94.3 Å². The molecule has 0 amide bonds. The van der Waals surface area contributed by atoms with Gasteiger partial charge >= 0.3 is 5.97 Å². The number of esters is 1. The second kappa shape index (κ2) is 7.69. The molecule has 8 nitrogen and oxygen atoms in total. The van der Waals surface area contributed by atoms with E-state index >= 15 is 0 Å². The van der Waals surface area contributed by atoms with E-state index in [2.05, 4.69) is 25.4 Å². The number of hydrogen-bond donors (Lipinski definition) is 1. The highest BCUT2D eigenvalue weighted by Crippen LogP contribution is 2.29. The zero-order valence-corrected chi connectivity index (χ0v) is 17.8. The Morgan fingerprint density at radius 2 is 2.03 bits per heavy atom. The number of hydrogen-bond acceptors (Lipinski definition) is 7. The van der Waals surface area contributed by atoms with Crippen molar-refractivity contribution in [2.45, 2.75) is 13.8 Å². The number of nitrogens with zero attached hydrogens (tertiary/aromatic N) is 5. The zero-order valence-electron chi connectivity index (χ0n) is 17.1. The molecule has 4 aromatic heterocycles. The fourth-order valence-corrected chi connectivity index (χ4v) is 3.70. The average Bonchev–Trinajstić information content (AvgIpc) is 3.18. The predicted octanol–water partition coefficient (Wildman–Crippen LogP) is 4.85. The second-order valence-corrected chi connectivity index (χ2v) is 7.52. The van der Waals surface area contributed by atoms with E-state index in [0.717, 1.165) is 11.2 Å². The minimum atomic E-state index is -0.512. The van der Waals surface area contributed by atoms with Crippen molar-refractivity contribution in [2.24, 2.45) is 0 Å². The molecule has 0 spiro atoms. The van der Waals surface area contributed by atoms with Crippen molar-refractivity contribution in [3.63, 3.8) is 0 Å². The molecule has 0 aliphatic rings. The Labute approximate surface area is 186 Å². The van der Waals surface area contributed by atoms with Gasteiger partial charge in [-0.3, -0.25) is 4.98 Å². The average molecular weight is 451 g/mol. The lowest BCUT2D eigenvalue weighted by molar-refractivity contribution is 0.0526. The lowest BCUT2D eigenvalue weighted by Crippen LogP contribution is -2.06. The first-order valence-electron chi connectivity index (χ1n) is 9.78. The van der Waals surface area contributed by atoms with Gasteiger partial charge in [0.2, 0.25) is 5.95 Å². The standard InChI is InChI=1S/C22H16ClFN6O2/c1-3-32-21(31)12-7-14-15-10-26-22(27-13-4-5-17(24)16(23)8-13)28-20(15)30-18(6-11(2)29-30)19(14)25-9-12/h4-10H,3H2,1-2H3,(H,26,27,28). The summed E-state index contributed by atoms with van der Waals surface area (Å²) in [5.41, 5.74) is 3.60. The molecule has 1 aromatic carbocycles. The van der Waals surface area contributed by atoms with Crippen molar-refractivity contribution in [3.05, 3.63) is 64.8 Å². The van der Waals surface area contributed by atoms with Crippen molar-refractivity contribution in [3.8, 4) is 0 Å². The van der Waals surface area contributed by atoms with Crippen molar-refractivity contribution in [1.82, 2.24) is 24.6 Å². The van der Waals surface area contributed by atoms with Crippen molar-refractivity contribution < 1.29 is 13.9 Å². The van der Waals surface area contributed by atoms with Gasteiger partial charge in [-0.1, -0.05) is 11.6 Å². The van der Waals surface area contributed by atoms with Crippen LogP contribution in [0.3, 0.4) is 0 Å². The van der Waals surface area contributed by atoms with Gasteiger partial charge in [-0.2, -0.15) is 10.1 Å². The van der Waals surface area contributed by atoms with Crippen LogP contribution in [-0.4, -0.2) is 37.1 Å². The molecule has 0 saturated carbocycles. The Bertz CT molecular complexity index is 1530. The van der Waals surface area contributed by atoms with Crippen LogP contribution in [0.15, 0.2) is 42.7 Å². The van der Waals surface area contributed by atoms with Crippen LogP contribution in [-0.2, 0) is 4.74 Å². The monoisotopic (exact) mass is 450 g/mol. The molecular weight excluding hydrogens is 435 g/mol. The highest BCUT2D eigenvalue weighted by molar-refractivity contribution is 6.31. The van der Waals surface area contributed by atoms with Crippen LogP contribution in [0.25, 0.3) is 27.5 Å². The van der Waals surface area contributed by atoms with Crippen LogP contribution >= 0.6 is 11.6 Å². The summed E-state index contributed by atoms with van der Waals surface area (Å²) in [6, 6.07) is 7.87. The van der Waals surface area contributed by atoms with Gasteiger partial charge in [-0.05, 0) is 44.2 Å². The smallest absolute Gasteiger partial charge is 0.339 e. The number of rotatable bonds is 4. The number of anilines is 2. The lowest BCUT2D eigenvalue weighted by Gasteiger charge is -2.10. The molecule has 0 bridgehead atoms. The van der Waals surface area contributed by atoms with E-state index in [-0.39, 0.29) is 17.6 Å². The quantitative estimate of drug-likeness (QED) is 0.309. The fraction of sp³-hybridized carbons (Fsp3) is 0.136. The predicted molar refractivity (Wildman–Crippen MR) is 119 cm³/mol. The first-order chi connectivity index (χ1) is 15.4. The molecule has 5 rings (SSSR count). The Balaban J connectivity index is 1.71. The number of aromatic nitrogens is 5. The van der Waals surface area contributed by atoms with Gasteiger partial charge in [0.25, 0.3) is 0 Å². The minimum Gasteiger partial charge on any atom is -0.462 e. The largest absolute Gasteiger partial charge is 0.462 e. The van der Waals surface area contributed by atoms with Crippen LogP contribution in [0.1, 0.15) is 23.0 Å². The Morgan fingerprint density at radius 3 is 2.81 bits per heavy atom. The van der Waals surface area contributed by atoms with Crippen molar-refractivity contribution >= 4 is 56.7 Å². The summed E-state index contributed by atoms with van der Waals surface area (Å²) in [5, 5.41) is 8.93. The molecule has 0 saturated heterocycles. The maximum atomic E-state index is 13.5. The van der Waals surface area contributed by atoms with Gasteiger partial charge in [0.15, 0.2) is 5.65 Å². The normalized spacial score (nSPS) is 11.4. The van der Waals surface area contributed by atoms with Crippen LogP contribution in [0.4, 0.5) is 16.0 Å². The van der Waals surface area contributed by atoms with Gasteiger partial charge in [0, 0.05) is 28.9 Å². The van der Waals surface area contributed by atoms with E-state index in [9.17, 15) is 9.18 Å². The maximum absolute atomic E-state index is 13.5. The molecule has 5 aromatic rings. The molecule has 0 unspecified atom stereocenters. The van der Waals surface area contributed by atoms with Crippen LogP contribution in [0, 0.1) is 12.7 Å². The number of aryl methyl sites for hydroxylation is 1. The van der Waals surface area contributed by atoms with Crippen molar-refractivity contribution in [1.29, 1.82) is 0 Å². The maximum Gasteiger partial charge on any atom is 0.339 e. The number of pyridine rings is 2. The molecule has 1 N–H and O–H groups in total. The third kappa shape index (κ3) is 3.36. The molecule has 0 atom stereocenters. The van der Waals surface area contributed by atoms with E-state index in [1.807, 2.05) is 13.0 Å². The third-order valence-electron chi connectivity index (χ3n) is 4.91. The van der Waals surface area contributed by atoms with E-state index in [4.69, 9.17) is 16.3 Å². The van der Waals surface area contributed by atoms with Gasteiger partial charge in [0.1, 0.15) is 5.82 Å². The van der Waals surface area contributed by atoms with Crippen LogP contribution < -0.4 is 5.32 Å². The molecule has 160 valence electrons. The summed E-state index contributed by atoms with van der Waals surface area (Å²) < 4.78 is 20.3. The number of nitrogens with one attached hydrogen (secondary N) is 1. The molecule has 0 radical (unpaired) electrons. The van der Waals surface area contributed by atoms with Gasteiger partial charge in [-0.15, -0.1) is 0 Å². The number of benzene rings is 1.